The van der Waals surface area contributed by atoms with Gasteiger partial charge >= 0.3 is 0 Å². The maximum Gasteiger partial charge on any atom is 0.0960 e. The number of hydrogen-bond acceptors (Lipinski definition) is 2. The second-order valence-electron chi connectivity index (χ2n) is 13.5. The zero-order valence-electron chi connectivity index (χ0n) is 27.3. The summed E-state index contributed by atoms with van der Waals surface area (Å²) in [4.78, 5) is 21.9. The lowest BCUT2D eigenvalue weighted by Gasteiger charge is -2.10. The van der Waals surface area contributed by atoms with Crippen molar-refractivity contribution in [2.24, 2.45) is 0 Å². The fourth-order valence-electron chi connectivity index (χ4n) is 7.43. The Kier molecular flexibility index (Phi) is 6.02. The Labute approximate surface area is 262 Å². The lowest BCUT2D eigenvalue weighted by molar-refractivity contribution is 0.885. The van der Waals surface area contributed by atoms with Gasteiger partial charge in [0, 0.05) is 38.4 Å². The Bertz CT molecular complexity index is 2530. The molecule has 1 aliphatic heterocycles. The van der Waals surface area contributed by atoms with Crippen LogP contribution in [0.4, 0.5) is 0 Å². The average Bonchev–Trinajstić information content (AvgIpc) is 3.80. The number of H-pyrrole nitrogens is 3. The van der Waals surface area contributed by atoms with Gasteiger partial charge in [-0.1, -0.05) is 52.0 Å². The molecule has 8 rings (SSSR count). The molecule has 0 fully saturated rings. The molecule has 1 aliphatic rings. The van der Waals surface area contributed by atoms with E-state index in [9.17, 15) is 0 Å². The van der Waals surface area contributed by atoms with Gasteiger partial charge in [-0.25, -0.2) is 9.97 Å². The summed E-state index contributed by atoms with van der Waals surface area (Å²) in [6.07, 6.45) is 0. The Morgan fingerprint density at radius 2 is 1.16 bits per heavy atom. The highest BCUT2D eigenvalue weighted by molar-refractivity contribution is 6.28. The summed E-state index contributed by atoms with van der Waals surface area (Å²) in [6.45, 7) is 17.9. The highest BCUT2D eigenvalue weighted by Gasteiger charge is 2.24. The molecular formula is C40H39N5. The van der Waals surface area contributed by atoms with Gasteiger partial charge in [0.2, 0.25) is 0 Å². The van der Waals surface area contributed by atoms with Crippen molar-refractivity contribution in [2.45, 2.75) is 67.2 Å². The van der Waals surface area contributed by atoms with Gasteiger partial charge in [0.05, 0.1) is 27.9 Å². The summed E-state index contributed by atoms with van der Waals surface area (Å²) in [7, 11) is 0. The molecule has 224 valence electrons. The van der Waals surface area contributed by atoms with Gasteiger partial charge in [0.1, 0.15) is 0 Å². The van der Waals surface area contributed by atoms with E-state index in [1.807, 2.05) is 0 Å². The van der Waals surface area contributed by atoms with E-state index in [4.69, 9.17) is 9.97 Å². The van der Waals surface area contributed by atoms with Crippen molar-refractivity contribution in [3.05, 3.63) is 94.3 Å². The van der Waals surface area contributed by atoms with Gasteiger partial charge in [-0.2, -0.15) is 0 Å². The second-order valence-corrected chi connectivity index (χ2v) is 13.5. The first-order valence-corrected chi connectivity index (χ1v) is 16.1. The molecule has 0 spiro atoms. The molecule has 2 aromatic carbocycles. The number of aryl methyl sites for hydroxylation is 2. The van der Waals surface area contributed by atoms with E-state index >= 15 is 0 Å². The van der Waals surface area contributed by atoms with E-state index in [-0.39, 0.29) is 5.92 Å². The smallest absolute Gasteiger partial charge is 0.0960 e. The molecule has 5 nitrogen and oxygen atoms in total. The van der Waals surface area contributed by atoms with Gasteiger partial charge in [-0.15, -0.1) is 0 Å². The lowest BCUT2D eigenvalue weighted by Crippen LogP contribution is -1.89. The normalized spacial score (nSPS) is 13.2. The van der Waals surface area contributed by atoms with Crippen LogP contribution in [-0.4, -0.2) is 24.9 Å². The third-order valence-corrected chi connectivity index (χ3v) is 10.0. The maximum atomic E-state index is 5.46. The molecule has 0 radical (unpaired) electrons. The molecule has 0 saturated heterocycles. The molecule has 0 saturated carbocycles. The van der Waals surface area contributed by atoms with Gasteiger partial charge < -0.3 is 15.0 Å². The zero-order chi connectivity index (χ0) is 31.3. The Balaban J connectivity index is 1.67. The maximum absolute atomic E-state index is 5.46. The van der Waals surface area contributed by atoms with Crippen LogP contribution in [0.5, 0.6) is 0 Å². The fourth-order valence-corrected chi connectivity index (χ4v) is 7.43. The van der Waals surface area contributed by atoms with Crippen LogP contribution in [0.15, 0.2) is 60.7 Å². The first kappa shape index (κ1) is 27.6. The molecule has 6 heterocycles. The average molecular weight is 590 g/mol. The van der Waals surface area contributed by atoms with Crippen LogP contribution in [0.1, 0.15) is 87.0 Å². The largest absolute Gasteiger partial charge is 0.355 e. The van der Waals surface area contributed by atoms with E-state index in [0.29, 0.717) is 5.92 Å². The topological polar surface area (TPSA) is 73.2 Å². The zero-order valence-corrected chi connectivity index (χ0v) is 27.3. The van der Waals surface area contributed by atoms with Crippen molar-refractivity contribution in [2.75, 3.05) is 0 Å². The van der Waals surface area contributed by atoms with Crippen molar-refractivity contribution in [3.8, 4) is 0 Å². The summed E-state index contributed by atoms with van der Waals surface area (Å²) in [5, 5.41) is 5.05. The first-order chi connectivity index (χ1) is 21.6. The van der Waals surface area contributed by atoms with Crippen LogP contribution < -0.4 is 0 Å². The van der Waals surface area contributed by atoms with E-state index in [1.54, 1.807) is 0 Å². The van der Waals surface area contributed by atoms with Crippen LogP contribution in [0.3, 0.4) is 0 Å². The van der Waals surface area contributed by atoms with Crippen LogP contribution in [0.25, 0.3) is 76.8 Å². The van der Waals surface area contributed by atoms with E-state index in [0.717, 1.165) is 55.5 Å². The van der Waals surface area contributed by atoms with E-state index in [1.165, 1.54) is 54.9 Å². The summed E-state index contributed by atoms with van der Waals surface area (Å²) >= 11 is 0. The molecule has 0 atom stereocenters. The first-order valence-electron chi connectivity index (χ1n) is 16.1. The molecule has 0 aliphatic carbocycles. The van der Waals surface area contributed by atoms with Crippen LogP contribution in [-0.2, 0) is 0 Å². The van der Waals surface area contributed by atoms with Crippen molar-refractivity contribution < 1.29 is 0 Å². The minimum Gasteiger partial charge on any atom is -0.355 e. The molecule has 10 bridgehead atoms. The van der Waals surface area contributed by atoms with Crippen molar-refractivity contribution in [3.63, 3.8) is 0 Å². The van der Waals surface area contributed by atoms with Gasteiger partial charge in [-0.3, -0.25) is 0 Å². The number of nitrogens with one attached hydrogen (secondary N) is 3. The minimum absolute atomic E-state index is 0.282. The molecular weight excluding hydrogens is 550 g/mol. The number of rotatable bonds is 2. The predicted octanol–water partition coefficient (Wildman–Crippen LogP) is 11.2. The minimum atomic E-state index is 0.282. The fraction of sp³-hybridized carbons (Fsp3) is 0.250. The number of fused-ring (bicyclic) bond motifs is 11. The van der Waals surface area contributed by atoms with Crippen molar-refractivity contribution in [1.29, 1.82) is 0 Å². The Hall–Kier alpha value is -4.90. The summed E-state index contributed by atoms with van der Waals surface area (Å²) in [5.41, 5.74) is 18.1. The molecule has 45 heavy (non-hydrogen) atoms. The number of benzene rings is 2. The quantitative estimate of drug-likeness (QED) is 0.188. The SMILES string of the molecule is CC1=C(C)c2cc3nc4c5[nH]c(cc6[nH]c(cc7ccc(cc1n2)[nH]7)c(C)c6C)c(C(C)C)c5c1ccccc1c4c3C(C)C. The number of hydrogen-bond donors (Lipinski definition) is 3. The molecule has 0 amide bonds. The molecule has 3 N–H and O–H groups in total. The monoisotopic (exact) mass is 589 g/mol. The molecule has 7 aromatic rings. The van der Waals surface area contributed by atoms with Gasteiger partial charge in [0.25, 0.3) is 0 Å². The number of aromatic nitrogens is 5. The lowest BCUT2D eigenvalue weighted by atomic mass is 9.91. The van der Waals surface area contributed by atoms with Gasteiger partial charge in [-0.05, 0) is 120 Å². The Morgan fingerprint density at radius 1 is 0.556 bits per heavy atom. The molecule has 0 unspecified atom stereocenters. The highest BCUT2D eigenvalue weighted by atomic mass is 14.8. The standard InChI is InChI=1S/C40H39N5/c1-19(2)35-33-17-31-23(7)21(5)29(42-31)15-25-13-14-26(41-25)16-30-22(6)24(8)32(43-30)18-34-36(20(3)4)38-28-12-10-9-11-27(28)37(35)39(44-33)40(38)45-34/h9-20,41-42,44H,1-8H3. The third kappa shape index (κ3) is 4.06. The van der Waals surface area contributed by atoms with Crippen molar-refractivity contribution >= 4 is 76.8 Å². The van der Waals surface area contributed by atoms with Crippen LogP contribution in [0.2, 0.25) is 0 Å². The van der Waals surface area contributed by atoms with Crippen LogP contribution in [0, 0.1) is 13.8 Å². The summed E-state index contributed by atoms with van der Waals surface area (Å²) < 4.78 is 0. The third-order valence-electron chi connectivity index (χ3n) is 10.0. The van der Waals surface area contributed by atoms with Crippen molar-refractivity contribution in [1.82, 2.24) is 24.9 Å². The van der Waals surface area contributed by atoms with Crippen LogP contribution >= 0.6 is 0 Å². The summed E-state index contributed by atoms with van der Waals surface area (Å²) in [5.74, 6) is 0.590. The van der Waals surface area contributed by atoms with Gasteiger partial charge in [0.15, 0.2) is 0 Å². The van der Waals surface area contributed by atoms with E-state index < -0.39 is 0 Å². The Morgan fingerprint density at radius 3 is 1.82 bits per heavy atom. The second kappa shape index (κ2) is 9.80. The molecule has 5 heteroatoms. The molecule has 5 aromatic heterocycles. The predicted molar refractivity (Wildman–Crippen MR) is 192 cm³/mol. The van der Waals surface area contributed by atoms with E-state index in [2.05, 4.69) is 131 Å². The summed E-state index contributed by atoms with van der Waals surface area (Å²) in [6, 6.07) is 22.0. The number of nitrogens with zero attached hydrogens (tertiary/aromatic N) is 2. The number of allylic oxidation sites excluding steroid dienone is 2. The highest BCUT2D eigenvalue weighted by Crippen LogP contribution is 2.44. The number of aromatic amines is 3.